The van der Waals surface area contributed by atoms with E-state index in [0.29, 0.717) is 0 Å². The first-order chi connectivity index (χ1) is 8.75. The number of nitrogens with zero attached hydrogens (tertiary/aromatic N) is 1. The van der Waals surface area contributed by atoms with Gasteiger partial charge in [0.25, 0.3) is 0 Å². The summed E-state index contributed by atoms with van der Waals surface area (Å²) < 4.78 is 6.52. The van der Waals surface area contributed by atoms with E-state index in [1.54, 1.807) is 12.5 Å². The van der Waals surface area contributed by atoms with Crippen molar-refractivity contribution in [3.63, 3.8) is 0 Å². The summed E-state index contributed by atoms with van der Waals surface area (Å²) in [6.45, 7) is 2.07. The van der Waals surface area contributed by atoms with Crippen molar-refractivity contribution in [1.82, 2.24) is 4.98 Å². The van der Waals surface area contributed by atoms with E-state index in [-0.39, 0.29) is 0 Å². The van der Waals surface area contributed by atoms with Crippen LogP contribution in [0.5, 0.6) is 0 Å². The van der Waals surface area contributed by atoms with Crippen LogP contribution in [0.3, 0.4) is 0 Å². The third kappa shape index (κ3) is 4.03. The summed E-state index contributed by atoms with van der Waals surface area (Å²) in [5, 5.41) is 0. The standard InChI is InChI=1S/C14H12INOS/c1-11-4-6-13(7-5-11)18-17-10-14(15)12-3-2-8-16-9-12/h2-10H,1H3/b14-10+. The number of aryl methyl sites for hydroxylation is 1. The number of pyridine rings is 1. The first kappa shape index (κ1) is 13.4. The van der Waals surface area contributed by atoms with Crippen LogP contribution in [0.15, 0.2) is 59.9 Å². The summed E-state index contributed by atoms with van der Waals surface area (Å²) in [5.41, 5.74) is 2.31. The number of benzene rings is 1. The highest BCUT2D eigenvalue weighted by Crippen LogP contribution is 2.25. The molecule has 0 atom stereocenters. The van der Waals surface area contributed by atoms with Gasteiger partial charge in [-0.25, -0.2) is 0 Å². The second-order valence-corrected chi connectivity index (χ2v) is 5.69. The molecule has 18 heavy (non-hydrogen) atoms. The van der Waals surface area contributed by atoms with E-state index in [2.05, 4.69) is 46.6 Å². The zero-order chi connectivity index (χ0) is 12.8. The molecule has 2 rings (SSSR count). The zero-order valence-corrected chi connectivity index (χ0v) is 12.8. The Labute approximate surface area is 125 Å². The molecule has 0 unspecified atom stereocenters. The number of hydrogen-bond donors (Lipinski definition) is 0. The van der Waals surface area contributed by atoms with Crippen LogP contribution < -0.4 is 0 Å². The second kappa shape index (κ2) is 6.80. The molecule has 0 radical (unpaired) electrons. The van der Waals surface area contributed by atoms with Gasteiger partial charge in [0.05, 0.1) is 15.6 Å². The number of rotatable bonds is 4. The largest absolute Gasteiger partial charge is 0.427 e. The van der Waals surface area contributed by atoms with E-state index in [1.807, 2.05) is 30.5 Å². The predicted octanol–water partition coefficient (Wildman–Crippen LogP) is 4.85. The Bertz CT molecular complexity index is 525. The Hall–Kier alpha value is -1.01. The van der Waals surface area contributed by atoms with Crippen molar-refractivity contribution >= 4 is 38.2 Å². The molecule has 0 saturated heterocycles. The molecule has 0 saturated carbocycles. The molecule has 2 nitrogen and oxygen atoms in total. The quantitative estimate of drug-likeness (QED) is 0.437. The van der Waals surface area contributed by atoms with Crippen LogP contribution in [-0.2, 0) is 4.18 Å². The highest BCUT2D eigenvalue weighted by Gasteiger charge is 1.98. The number of aromatic nitrogens is 1. The lowest BCUT2D eigenvalue weighted by Crippen LogP contribution is -1.79. The van der Waals surface area contributed by atoms with Gasteiger partial charge in [0, 0.05) is 22.9 Å². The highest BCUT2D eigenvalue weighted by molar-refractivity contribution is 14.1. The van der Waals surface area contributed by atoms with Crippen LogP contribution in [0.25, 0.3) is 3.58 Å². The lowest BCUT2D eigenvalue weighted by Gasteiger charge is -2.01. The van der Waals surface area contributed by atoms with Gasteiger partial charge in [0.15, 0.2) is 0 Å². The third-order valence-electron chi connectivity index (χ3n) is 2.25. The van der Waals surface area contributed by atoms with Crippen molar-refractivity contribution in [2.45, 2.75) is 11.8 Å². The summed E-state index contributed by atoms with van der Waals surface area (Å²) in [6.07, 6.45) is 5.32. The number of hydrogen-bond acceptors (Lipinski definition) is 3. The van der Waals surface area contributed by atoms with Crippen molar-refractivity contribution < 1.29 is 4.18 Å². The Balaban J connectivity index is 1.93. The van der Waals surface area contributed by atoms with Crippen LogP contribution in [0.4, 0.5) is 0 Å². The molecule has 0 aliphatic rings. The second-order valence-electron chi connectivity index (χ2n) is 3.70. The summed E-state index contributed by atoms with van der Waals surface area (Å²) in [6, 6.07) is 12.2. The first-order valence-electron chi connectivity index (χ1n) is 5.42. The van der Waals surface area contributed by atoms with Gasteiger partial charge in [-0.1, -0.05) is 23.8 Å². The molecule has 0 fully saturated rings. The maximum atomic E-state index is 5.50. The molecule has 1 heterocycles. The summed E-state index contributed by atoms with van der Waals surface area (Å²) in [4.78, 5) is 5.16. The fourth-order valence-corrected chi connectivity index (χ4v) is 2.41. The molecule has 1 aromatic carbocycles. The SMILES string of the molecule is Cc1ccc(SO/C=C(/I)c2cccnc2)cc1. The topological polar surface area (TPSA) is 22.1 Å². The molecule has 0 spiro atoms. The lowest BCUT2D eigenvalue weighted by molar-refractivity contribution is 0.570. The van der Waals surface area contributed by atoms with Gasteiger partial charge in [0.2, 0.25) is 0 Å². The normalized spacial score (nSPS) is 11.3. The van der Waals surface area contributed by atoms with E-state index in [9.17, 15) is 0 Å². The van der Waals surface area contributed by atoms with E-state index >= 15 is 0 Å². The zero-order valence-electron chi connectivity index (χ0n) is 9.84. The Kier molecular flexibility index (Phi) is 5.07. The minimum absolute atomic E-state index is 1.03. The van der Waals surface area contributed by atoms with Gasteiger partial charge in [-0.3, -0.25) is 4.98 Å². The van der Waals surface area contributed by atoms with Crippen LogP contribution in [0, 0.1) is 6.92 Å². The monoisotopic (exact) mass is 369 g/mol. The van der Waals surface area contributed by atoms with Crippen LogP contribution in [-0.4, -0.2) is 4.98 Å². The highest BCUT2D eigenvalue weighted by atomic mass is 127. The Morgan fingerprint density at radius 3 is 2.72 bits per heavy atom. The van der Waals surface area contributed by atoms with Crippen molar-refractivity contribution in [2.75, 3.05) is 0 Å². The van der Waals surface area contributed by atoms with Gasteiger partial charge in [-0.2, -0.15) is 0 Å². The van der Waals surface area contributed by atoms with Gasteiger partial charge in [-0.05, 0) is 47.7 Å². The molecule has 0 aliphatic heterocycles. The van der Waals surface area contributed by atoms with Crippen molar-refractivity contribution in [3.05, 3.63) is 66.2 Å². The molecular weight excluding hydrogens is 357 g/mol. The molecule has 0 N–H and O–H groups in total. The van der Waals surface area contributed by atoms with E-state index in [1.165, 1.54) is 17.6 Å². The van der Waals surface area contributed by atoms with Crippen molar-refractivity contribution in [1.29, 1.82) is 0 Å². The minimum Gasteiger partial charge on any atom is -0.427 e. The molecule has 92 valence electrons. The molecule has 0 amide bonds. The van der Waals surface area contributed by atoms with E-state index in [0.717, 1.165) is 14.0 Å². The van der Waals surface area contributed by atoms with Crippen LogP contribution in [0.2, 0.25) is 0 Å². The Morgan fingerprint density at radius 1 is 1.28 bits per heavy atom. The fraction of sp³-hybridized carbons (Fsp3) is 0.0714. The summed E-state index contributed by atoms with van der Waals surface area (Å²) in [5.74, 6) is 0. The van der Waals surface area contributed by atoms with Crippen molar-refractivity contribution in [3.8, 4) is 0 Å². The third-order valence-corrected chi connectivity index (χ3v) is 3.79. The molecule has 1 aromatic heterocycles. The Morgan fingerprint density at radius 2 is 2.06 bits per heavy atom. The van der Waals surface area contributed by atoms with Crippen LogP contribution in [0.1, 0.15) is 11.1 Å². The smallest absolute Gasteiger partial charge is 0.115 e. The van der Waals surface area contributed by atoms with E-state index < -0.39 is 0 Å². The number of halogens is 1. The molecule has 0 aliphatic carbocycles. The first-order valence-corrected chi connectivity index (χ1v) is 7.24. The lowest BCUT2D eigenvalue weighted by atomic mass is 10.2. The maximum absolute atomic E-state index is 5.50. The summed E-state index contributed by atoms with van der Waals surface area (Å²) in [7, 11) is 0. The summed E-state index contributed by atoms with van der Waals surface area (Å²) >= 11 is 3.59. The molecule has 0 bridgehead atoms. The van der Waals surface area contributed by atoms with Gasteiger partial charge >= 0.3 is 0 Å². The average Bonchev–Trinajstić information content (AvgIpc) is 2.42. The maximum Gasteiger partial charge on any atom is 0.115 e. The average molecular weight is 369 g/mol. The predicted molar refractivity (Wildman–Crippen MR) is 84.4 cm³/mol. The molecule has 2 aromatic rings. The molecular formula is C14H12INOS. The molecule has 4 heteroatoms. The van der Waals surface area contributed by atoms with Gasteiger partial charge < -0.3 is 4.18 Å². The van der Waals surface area contributed by atoms with Gasteiger partial charge in [-0.15, -0.1) is 0 Å². The minimum atomic E-state index is 1.03. The van der Waals surface area contributed by atoms with Crippen molar-refractivity contribution in [2.24, 2.45) is 0 Å². The van der Waals surface area contributed by atoms with Crippen LogP contribution >= 0.6 is 34.6 Å². The van der Waals surface area contributed by atoms with Gasteiger partial charge in [0.1, 0.15) is 6.26 Å². The van der Waals surface area contributed by atoms with E-state index in [4.69, 9.17) is 4.18 Å². The fourth-order valence-electron chi connectivity index (χ4n) is 1.29.